The fraction of sp³-hybridized carbons (Fsp3) is 0.750. The maximum absolute atomic E-state index is 2.57. The molecule has 1 fully saturated rings. The van der Waals surface area contributed by atoms with E-state index in [0.717, 1.165) is 0 Å². The average molecular weight is 309 g/mol. The number of likely N-dealkylation sites (N-methyl/N-ethyl adjacent to an activating group) is 1. The van der Waals surface area contributed by atoms with Crippen LogP contribution in [0.25, 0.3) is 0 Å². The minimum Gasteiger partial charge on any atom is -0.381 e. The molecule has 20 heavy (non-hydrogen) atoms. The summed E-state index contributed by atoms with van der Waals surface area (Å²) in [6, 6.07) is 0.676. The highest BCUT2D eigenvalue weighted by molar-refractivity contribution is 6.79. The van der Waals surface area contributed by atoms with E-state index >= 15 is 0 Å². The van der Waals surface area contributed by atoms with Gasteiger partial charge in [-0.1, -0.05) is 45.4 Å². The molecule has 2 aliphatic heterocycles. The van der Waals surface area contributed by atoms with Crippen LogP contribution in [0.4, 0.5) is 0 Å². The van der Waals surface area contributed by atoms with E-state index in [1.165, 1.54) is 19.4 Å². The van der Waals surface area contributed by atoms with Gasteiger partial charge in [0.2, 0.25) is 0 Å². The Morgan fingerprint density at radius 1 is 1.10 bits per heavy atom. The van der Waals surface area contributed by atoms with Crippen molar-refractivity contribution >= 4 is 16.3 Å². The molecule has 0 bridgehead atoms. The van der Waals surface area contributed by atoms with Crippen LogP contribution in [0.2, 0.25) is 44.8 Å². The van der Waals surface area contributed by atoms with Crippen molar-refractivity contribution in [1.29, 1.82) is 0 Å². The van der Waals surface area contributed by atoms with Crippen molar-refractivity contribution in [3.8, 4) is 0 Å². The normalized spacial score (nSPS) is 28.9. The molecule has 4 heteroatoms. The summed E-state index contributed by atoms with van der Waals surface area (Å²) in [5.41, 5.74) is 2.41. The minimum atomic E-state index is -1.29. The molecular formula is C16H32N2Si2. The maximum atomic E-state index is 2.57. The van der Waals surface area contributed by atoms with Crippen LogP contribution in [0.5, 0.6) is 0 Å². The second kappa shape index (κ2) is 5.46. The Labute approximate surface area is 127 Å². The summed E-state index contributed by atoms with van der Waals surface area (Å²) in [6.07, 6.45) is 10.1. The van der Waals surface area contributed by atoms with Crippen LogP contribution in [0.3, 0.4) is 0 Å². The van der Waals surface area contributed by atoms with Gasteiger partial charge >= 0.3 is 0 Å². The number of likely N-dealkylation sites (tertiary alicyclic amines) is 1. The molecule has 2 atom stereocenters. The number of allylic oxidation sites excluding steroid dienone is 1. The average Bonchev–Trinajstić information content (AvgIpc) is 2.72. The Morgan fingerprint density at radius 2 is 1.75 bits per heavy atom. The summed E-state index contributed by atoms with van der Waals surface area (Å²) in [6.45, 7) is 16.1. The van der Waals surface area contributed by atoms with E-state index in [4.69, 9.17) is 0 Å². The van der Waals surface area contributed by atoms with Crippen molar-refractivity contribution in [3.05, 3.63) is 24.0 Å². The Hall–Kier alpha value is -0.326. The Morgan fingerprint density at radius 3 is 2.20 bits per heavy atom. The minimum absolute atomic E-state index is 0.676. The lowest BCUT2D eigenvalue weighted by Crippen LogP contribution is -2.44. The maximum Gasteiger partial charge on any atom is 0.152 e. The quantitative estimate of drug-likeness (QED) is 0.716. The first-order chi connectivity index (χ1) is 9.10. The third kappa shape index (κ3) is 3.29. The van der Waals surface area contributed by atoms with Crippen molar-refractivity contribution in [1.82, 2.24) is 9.47 Å². The predicted octanol–water partition coefficient (Wildman–Crippen LogP) is 4.34. The summed E-state index contributed by atoms with van der Waals surface area (Å²) in [7, 11) is -0.189. The van der Waals surface area contributed by atoms with E-state index in [0.29, 0.717) is 11.6 Å². The van der Waals surface area contributed by atoms with Gasteiger partial charge in [0.05, 0.1) is 8.07 Å². The first kappa shape index (κ1) is 16.1. The molecule has 0 aromatic rings. The van der Waals surface area contributed by atoms with Gasteiger partial charge in [-0.15, -0.1) is 0 Å². The van der Waals surface area contributed by atoms with Crippen molar-refractivity contribution in [2.45, 2.75) is 63.7 Å². The summed E-state index contributed by atoms with van der Waals surface area (Å²) in [5.74, 6) is 0. The molecule has 1 saturated heterocycles. The smallest absolute Gasteiger partial charge is 0.152 e. The highest BCUT2D eigenvalue weighted by Crippen LogP contribution is 2.40. The van der Waals surface area contributed by atoms with Gasteiger partial charge in [0, 0.05) is 6.04 Å². The lowest BCUT2D eigenvalue weighted by Gasteiger charge is -2.41. The van der Waals surface area contributed by atoms with Crippen molar-refractivity contribution in [2.24, 2.45) is 0 Å². The van der Waals surface area contributed by atoms with Gasteiger partial charge in [0.1, 0.15) is 0 Å². The zero-order valence-electron chi connectivity index (χ0n) is 14.4. The van der Waals surface area contributed by atoms with E-state index < -0.39 is 16.3 Å². The van der Waals surface area contributed by atoms with E-state index in [-0.39, 0.29) is 0 Å². The van der Waals surface area contributed by atoms with Gasteiger partial charge in [0.15, 0.2) is 8.24 Å². The SMILES string of the molecule is CN1CCC[C@H]1C1=CN([Si](C)(C)C)C=CC1[Si](C)(C)C. The molecule has 2 aliphatic rings. The first-order valence-corrected chi connectivity index (χ1v) is 15.0. The van der Waals surface area contributed by atoms with Gasteiger partial charge in [-0.2, -0.15) is 0 Å². The molecule has 0 aromatic carbocycles. The second-order valence-corrected chi connectivity index (χ2v) is 18.7. The molecule has 2 nitrogen and oxygen atoms in total. The topological polar surface area (TPSA) is 6.48 Å². The van der Waals surface area contributed by atoms with Crippen molar-refractivity contribution < 1.29 is 0 Å². The standard InChI is InChI=1S/C16H32N2Si2/c1-17-11-8-9-15(17)14-13-18(20(5,6)7)12-10-16(14)19(2,3)4/h10,12-13,15-16H,8-9,11H2,1-7H3/t15-,16?/m0/s1. The number of hydrogen-bond acceptors (Lipinski definition) is 2. The molecule has 0 spiro atoms. The molecular weight excluding hydrogens is 276 g/mol. The van der Waals surface area contributed by atoms with E-state index in [9.17, 15) is 0 Å². The molecule has 1 unspecified atom stereocenters. The van der Waals surface area contributed by atoms with Gasteiger partial charge in [0.25, 0.3) is 0 Å². The van der Waals surface area contributed by atoms with Crippen LogP contribution in [-0.4, -0.2) is 45.4 Å². The van der Waals surface area contributed by atoms with Gasteiger partial charge in [-0.3, -0.25) is 4.90 Å². The Kier molecular flexibility index (Phi) is 4.39. The largest absolute Gasteiger partial charge is 0.381 e. The van der Waals surface area contributed by atoms with E-state index in [1.54, 1.807) is 5.57 Å². The lowest BCUT2D eigenvalue weighted by atomic mass is 10.0. The Balaban J connectivity index is 2.35. The van der Waals surface area contributed by atoms with Crippen LogP contribution in [0, 0.1) is 0 Å². The fourth-order valence-corrected chi connectivity index (χ4v) is 6.40. The molecule has 114 valence electrons. The summed E-state index contributed by atoms with van der Waals surface area (Å²) < 4.78 is 2.55. The summed E-state index contributed by atoms with van der Waals surface area (Å²) in [4.78, 5) is 2.57. The van der Waals surface area contributed by atoms with Gasteiger partial charge < -0.3 is 4.57 Å². The van der Waals surface area contributed by atoms with Crippen LogP contribution in [0.1, 0.15) is 12.8 Å². The first-order valence-electron chi connectivity index (χ1n) is 7.99. The molecule has 0 aromatic heterocycles. The molecule has 2 heterocycles. The predicted molar refractivity (Wildman–Crippen MR) is 95.2 cm³/mol. The lowest BCUT2D eigenvalue weighted by molar-refractivity contribution is 0.338. The molecule has 0 radical (unpaired) electrons. The highest BCUT2D eigenvalue weighted by atomic mass is 28.3. The van der Waals surface area contributed by atoms with Crippen LogP contribution >= 0.6 is 0 Å². The zero-order valence-corrected chi connectivity index (χ0v) is 16.4. The number of hydrogen-bond donors (Lipinski definition) is 0. The monoisotopic (exact) mass is 308 g/mol. The number of nitrogens with zero attached hydrogens (tertiary/aromatic N) is 2. The second-order valence-electron chi connectivity index (χ2n) is 8.53. The van der Waals surface area contributed by atoms with E-state index in [1.807, 2.05) is 0 Å². The Bertz CT molecular complexity index is 415. The zero-order chi connectivity index (χ0) is 15.1. The number of rotatable bonds is 3. The van der Waals surface area contributed by atoms with Crippen molar-refractivity contribution in [3.63, 3.8) is 0 Å². The summed E-state index contributed by atoms with van der Waals surface area (Å²) in [5, 5.41) is 0. The molecule has 0 N–H and O–H groups in total. The van der Waals surface area contributed by atoms with Crippen LogP contribution < -0.4 is 0 Å². The molecule has 0 amide bonds. The van der Waals surface area contributed by atoms with Gasteiger partial charge in [-0.25, -0.2) is 0 Å². The molecule has 0 aliphatic carbocycles. The fourth-order valence-electron chi connectivity index (χ4n) is 3.40. The van der Waals surface area contributed by atoms with Crippen LogP contribution in [-0.2, 0) is 0 Å². The molecule has 0 saturated carbocycles. The summed E-state index contributed by atoms with van der Waals surface area (Å²) >= 11 is 0. The third-order valence-corrected chi connectivity index (χ3v) is 8.92. The van der Waals surface area contributed by atoms with Gasteiger partial charge in [-0.05, 0) is 49.9 Å². The van der Waals surface area contributed by atoms with Crippen LogP contribution in [0.15, 0.2) is 24.0 Å². The van der Waals surface area contributed by atoms with E-state index in [2.05, 4.69) is 74.3 Å². The van der Waals surface area contributed by atoms with Crippen molar-refractivity contribution in [2.75, 3.05) is 13.6 Å². The third-order valence-electron chi connectivity index (χ3n) is 4.70. The molecule has 2 rings (SSSR count). The highest BCUT2D eigenvalue weighted by Gasteiger charge is 2.38.